The summed E-state index contributed by atoms with van der Waals surface area (Å²) in [7, 11) is 0. The third-order valence-electron chi connectivity index (χ3n) is 4.34. The molecule has 0 fully saturated rings. The zero-order chi connectivity index (χ0) is 14.5. The van der Waals surface area contributed by atoms with Crippen molar-refractivity contribution in [2.24, 2.45) is 17.8 Å². The van der Waals surface area contributed by atoms with Crippen molar-refractivity contribution >= 4 is 0 Å². The van der Waals surface area contributed by atoms with E-state index in [0.29, 0.717) is 12.0 Å². The first-order chi connectivity index (χ1) is 9.56. The van der Waals surface area contributed by atoms with Gasteiger partial charge >= 0.3 is 0 Å². The molecule has 20 heavy (non-hydrogen) atoms. The van der Waals surface area contributed by atoms with Crippen LogP contribution in [0.4, 0.5) is 0 Å². The number of hydrogen-bond acceptors (Lipinski definition) is 1. The highest BCUT2D eigenvalue weighted by molar-refractivity contribution is 5.19. The van der Waals surface area contributed by atoms with Crippen molar-refractivity contribution in [3.05, 3.63) is 47.5 Å². The molecule has 1 N–H and O–H groups in total. The van der Waals surface area contributed by atoms with Crippen LogP contribution in [0, 0.1) is 17.8 Å². The second-order valence-electron chi connectivity index (χ2n) is 6.84. The number of nitrogens with one attached hydrogen (secondary N) is 1. The summed E-state index contributed by atoms with van der Waals surface area (Å²) in [5.74, 6) is 2.15. The molecule has 1 aliphatic carbocycles. The van der Waals surface area contributed by atoms with Crippen LogP contribution in [0.25, 0.3) is 0 Å². The molecule has 1 aromatic rings. The Labute approximate surface area is 124 Å². The maximum absolute atomic E-state index is 3.82. The molecule has 0 heterocycles. The smallest absolute Gasteiger partial charge is 0.0343 e. The Kier molecular flexibility index (Phi) is 5.42. The van der Waals surface area contributed by atoms with Gasteiger partial charge in [-0.15, -0.1) is 0 Å². The Balaban J connectivity index is 1.95. The average molecular weight is 271 g/mol. The lowest BCUT2D eigenvalue weighted by atomic mass is 9.83. The first-order valence-electron chi connectivity index (χ1n) is 8.02. The molecule has 0 amide bonds. The summed E-state index contributed by atoms with van der Waals surface area (Å²) in [6, 6.07) is 11.3. The van der Waals surface area contributed by atoms with Gasteiger partial charge in [0.1, 0.15) is 0 Å². The van der Waals surface area contributed by atoms with E-state index in [1.54, 1.807) is 5.57 Å². The van der Waals surface area contributed by atoms with Crippen LogP contribution < -0.4 is 5.32 Å². The molecule has 3 atom stereocenters. The Morgan fingerprint density at radius 1 is 1.20 bits per heavy atom. The fourth-order valence-corrected chi connectivity index (χ4v) is 3.53. The fraction of sp³-hybridized carbons (Fsp3) is 0.579. The minimum atomic E-state index is 0.470. The van der Waals surface area contributed by atoms with Gasteiger partial charge in [0.05, 0.1) is 0 Å². The summed E-state index contributed by atoms with van der Waals surface area (Å²) in [6.45, 7) is 10.4. The molecular weight excluding hydrogens is 242 g/mol. The molecule has 0 saturated heterocycles. The fourth-order valence-electron chi connectivity index (χ4n) is 3.53. The Morgan fingerprint density at radius 3 is 2.50 bits per heavy atom. The predicted molar refractivity (Wildman–Crippen MR) is 87.7 cm³/mol. The minimum Gasteiger partial charge on any atom is -0.309 e. The summed E-state index contributed by atoms with van der Waals surface area (Å²) in [5.41, 5.74) is 2.98. The van der Waals surface area contributed by atoms with Gasteiger partial charge < -0.3 is 5.32 Å². The van der Waals surface area contributed by atoms with Crippen molar-refractivity contribution in [2.75, 3.05) is 6.54 Å². The highest BCUT2D eigenvalue weighted by Crippen LogP contribution is 2.29. The Bertz CT molecular complexity index is 432. The molecule has 1 heteroatoms. The van der Waals surface area contributed by atoms with Gasteiger partial charge in [0, 0.05) is 6.04 Å². The molecular formula is C19H29N. The van der Waals surface area contributed by atoms with Crippen molar-refractivity contribution in [2.45, 2.75) is 46.6 Å². The molecule has 2 rings (SSSR count). The highest BCUT2D eigenvalue weighted by Gasteiger charge is 2.21. The summed E-state index contributed by atoms with van der Waals surface area (Å²) in [5, 5.41) is 3.82. The first kappa shape index (κ1) is 15.3. The van der Waals surface area contributed by atoms with Gasteiger partial charge in [-0.1, -0.05) is 62.8 Å². The predicted octanol–water partition coefficient (Wildman–Crippen LogP) is 4.97. The SMILES string of the molecule is CC1=CC(C)CC(CNC(c2ccccc2)C(C)C)C1. The van der Waals surface area contributed by atoms with Gasteiger partial charge in [0.2, 0.25) is 0 Å². The average Bonchev–Trinajstić information content (AvgIpc) is 2.38. The molecule has 1 aliphatic rings. The van der Waals surface area contributed by atoms with Gasteiger partial charge in [-0.25, -0.2) is 0 Å². The van der Waals surface area contributed by atoms with E-state index in [1.165, 1.54) is 18.4 Å². The van der Waals surface area contributed by atoms with Crippen molar-refractivity contribution in [3.63, 3.8) is 0 Å². The molecule has 0 spiro atoms. The molecule has 0 aliphatic heterocycles. The maximum Gasteiger partial charge on any atom is 0.0343 e. The van der Waals surface area contributed by atoms with Crippen LogP contribution in [0.5, 0.6) is 0 Å². The first-order valence-corrected chi connectivity index (χ1v) is 8.02. The Morgan fingerprint density at radius 2 is 1.90 bits per heavy atom. The molecule has 0 aromatic heterocycles. The van der Waals surface area contributed by atoms with E-state index >= 15 is 0 Å². The molecule has 110 valence electrons. The van der Waals surface area contributed by atoms with Gasteiger partial charge in [0.25, 0.3) is 0 Å². The third kappa shape index (κ3) is 4.21. The van der Waals surface area contributed by atoms with Crippen molar-refractivity contribution in [1.82, 2.24) is 5.32 Å². The second kappa shape index (κ2) is 7.08. The van der Waals surface area contributed by atoms with Crippen molar-refractivity contribution in [1.29, 1.82) is 0 Å². The Hall–Kier alpha value is -1.08. The largest absolute Gasteiger partial charge is 0.309 e. The lowest BCUT2D eigenvalue weighted by molar-refractivity contribution is 0.331. The van der Waals surface area contributed by atoms with Crippen LogP contribution >= 0.6 is 0 Å². The van der Waals surface area contributed by atoms with E-state index in [9.17, 15) is 0 Å². The van der Waals surface area contributed by atoms with Crippen LogP contribution in [0.15, 0.2) is 42.0 Å². The zero-order valence-electron chi connectivity index (χ0n) is 13.4. The summed E-state index contributed by atoms with van der Waals surface area (Å²) < 4.78 is 0. The summed E-state index contributed by atoms with van der Waals surface area (Å²) >= 11 is 0. The van der Waals surface area contributed by atoms with Crippen LogP contribution in [0.1, 0.15) is 52.1 Å². The number of allylic oxidation sites excluding steroid dienone is 2. The van der Waals surface area contributed by atoms with Crippen LogP contribution in [-0.2, 0) is 0 Å². The number of rotatable bonds is 5. The van der Waals surface area contributed by atoms with Crippen LogP contribution in [-0.4, -0.2) is 6.54 Å². The standard InChI is InChI=1S/C19H29N/c1-14(2)19(18-8-6-5-7-9-18)20-13-17-11-15(3)10-16(4)12-17/h5-10,14-15,17,19-20H,11-13H2,1-4H3. The summed E-state index contributed by atoms with van der Waals surface area (Å²) in [4.78, 5) is 0. The summed E-state index contributed by atoms with van der Waals surface area (Å²) in [6.07, 6.45) is 5.02. The minimum absolute atomic E-state index is 0.470. The van der Waals surface area contributed by atoms with Gasteiger partial charge in [-0.3, -0.25) is 0 Å². The zero-order valence-corrected chi connectivity index (χ0v) is 13.4. The van der Waals surface area contributed by atoms with E-state index in [4.69, 9.17) is 0 Å². The van der Waals surface area contributed by atoms with Gasteiger partial charge in [-0.2, -0.15) is 0 Å². The lowest BCUT2D eigenvalue weighted by Crippen LogP contribution is -2.32. The quantitative estimate of drug-likeness (QED) is 0.746. The van der Waals surface area contributed by atoms with Gasteiger partial charge in [-0.05, 0) is 49.6 Å². The molecule has 3 unspecified atom stereocenters. The molecule has 1 aromatic carbocycles. The molecule has 0 bridgehead atoms. The lowest BCUT2D eigenvalue weighted by Gasteiger charge is -2.29. The van der Waals surface area contributed by atoms with E-state index in [-0.39, 0.29) is 0 Å². The van der Waals surface area contributed by atoms with Crippen LogP contribution in [0.3, 0.4) is 0 Å². The monoisotopic (exact) mass is 271 g/mol. The van der Waals surface area contributed by atoms with E-state index in [2.05, 4.69) is 69.4 Å². The van der Waals surface area contributed by atoms with Crippen LogP contribution in [0.2, 0.25) is 0 Å². The third-order valence-corrected chi connectivity index (χ3v) is 4.34. The molecule has 1 nitrogen and oxygen atoms in total. The molecule has 0 radical (unpaired) electrons. The second-order valence-corrected chi connectivity index (χ2v) is 6.84. The molecule has 0 saturated carbocycles. The maximum atomic E-state index is 3.82. The highest BCUT2D eigenvalue weighted by atomic mass is 14.9. The van der Waals surface area contributed by atoms with E-state index < -0.39 is 0 Å². The van der Waals surface area contributed by atoms with E-state index in [0.717, 1.165) is 18.4 Å². The number of benzene rings is 1. The van der Waals surface area contributed by atoms with E-state index in [1.807, 2.05) is 0 Å². The topological polar surface area (TPSA) is 12.0 Å². The normalized spacial score (nSPS) is 24.6. The number of hydrogen-bond donors (Lipinski definition) is 1. The van der Waals surface area contributed by atoms with Crippen molar-refractivity contribution in [3.8, 4) is 0 Å². The van der Waals surface area contributed by atoms with Gasteiger partial charge in [0.15, 0.2) is 0 Å². The van der Waals surface area contributed by atoms with Crippen molar-refractivity contribution < 1.29 is 0 Å².